The largest absolute Gasteiger partial charge is 0.340 e. The molecule has 2 fully saturated rings. The fourth-order valence-electron chi connectivity index (χ4n) is 2.75. The average molecular weight is 259 g/mol. The molecule has 0 bridgehead atoms. The summed E-state index contributed by atoms with van der Waals surface area (Å²) in [5.41, 5.74) is 1.11. The second kappa shape index (κ2) is 5.72. The van der Waals surface area contributed by atoms with Crippen molar-refractivity contribution >= 4 is 5.91 Å². The second-order valence-electron chi connectivity index (χ2n) is 5.39. The van der Waals surface area contributed by atoms with E-state index in [-0.39, 0.29) is 5.91 Å². The van der Waals surface area contributed by atoms with Crippen LogP contribution in [0.2, 0.25) is 0 Å². The summed E-state index contributed by atoms with van der Waals surface area (Å²) in [4.78, 5) is 16.7. The monoisotopic (exact) mass is 259 g/mol. The predicted octanol–water partition coefficient (Wildman–Crippen LogP) is 0.345. The van der Waals surface area contributed by atoms with E-state index in [1.54, 1.807) is 0 Å². The number of benzene rings is 1. The van der Waals surface area contributed by atoms with Gasteiger partial charge in [0, 0.05) is 45.3 Å². The first kappa shape index (κ1) is 12.6. The predicted molar refractivity (Wildman–Crippen MR) is 75.0 cm³/mol. The van der Waals surface area contributed by atoms with Crippen LogP contribution in [0.5, 0.6) is 0 Å². The Kier molecular flexibility index (Phi) is 3.80. The molecular formula is C15H21N3O. The Morgan fingerprint density at radius 3 is 2.37 bits per heavy atom. The van der Waals surface area contributed by atoms with Crippen LogP contribution in [-0.2, 0) is 11.2 Å². The van der Waals surface area contributed by atoms with E-state index in [9.17, 15) is 4.79 Å². The fraction of sp³-hybridized carbons (Fsp3) is 0.533. The molecule has 2 aliphatic heterocycles. The third-order valence-electron chi connectivity index (χ3n) is 4.14. The maximum atomic E-state index is 12.2. The van der Waals surface area contributed by atoms with Gasteiger partial charge in [-0.25, -0.2) is 0 Å². The van der Waals surface area contributed by atoms with Gasteiger partial charge in [0.05, 0.1) is 6.42 Å². The molecule has 0 saturated carbocycles. The van der Waals surface area contributed by atoms with Crippen LogP contribution < -0.4 is 5.32 Å². The second-order valence-corrected chi connectivity index (χ2v) is 5.39. The quantitative estimate of drug-likeness (QED) is 0.850. The third kappa shape index (κ3) is 2.96. The molecule has 2 saturated heterocycles. The highest BCUT2D eigenvalue weighted by Gasteiger charge is 2.28. The van der Waals surface area contributed by atoms with Crippen molar-refractivity contribution in [3.8, 4) is 0 Å². The van der Waals surface area contributed by atoms with Crippen LogP contribution in [-0.4, -0.2) is 61.0 Å². The van der Waals surface area contributed by atoms with Crippen LogP contribution in [0.4, 0.5) is 0 Å². The molecule has 0 atom stereocenters. The van der Waals surface area contributed by atoms with Gasteiger partial charge in [0.2, 0.25) is 5.91 Å². The van der Waals surface area contributed by atoms with Crippen LogP contribution in [0.1, 0.15) is 5.56 Å². The lowest BCUT2D eigenvalue weighted by molar-refractivity contribution is -0.132. The summed E-state index contributed by atoms with van der Waals surface area (Å²) in [5, 5.41) is 3.30. The molecule has 1 aromatic rings. The average Bonchev–Trinajstić information content (AvgIpc) is 2.39. The zero-order chi connectivity index (χ0) is 13.1. The maximum absolute atomic E-state index is 12.2. The Morgan fingerprint density at radius 2 is 1.79 bits per heavy atom. The Bertz CT molecular complexity index is 422. The molecule has 4 nitrogen and oxygen atoms in total. The lowest BCUT2D eigenvalue weighted by Crippen LogP contribution is -2.62. The van der Waals surface area contributed by atoms with Gasteiger partial charge in [-0.1, -0.05) is 30.3 Å². The highest BCUT2D eigenvalue weighted by atomic mass is 16.2. The van der Waals surface area contributed by atoms with Gasteiger partial charge in [-0.15, -0.1) is 0 Å². The van der Waals surface area contributed by atoms with E-state index in [1.165, 1.54) is 0 Å². The number of nitrogens with one attached hydrogen (secondary N) is 1. The topological polar surface area (TPSA) is 35.6 Å². The SMILES string of the molecule is O=C(Cc1ccccc1)N1CCN(C2CNC2)CC1. The summed E-state index contributed by atoms with van der Waals surface area (Å²) < 4.78 is 0. The van der Waals surface area contributed by atoms with Gasteiger partial charge in [0.25, 0.3) is 0 Å². The normalized spacial score (nSPS) is 21.2. The first-order valence-electron chi connectivity index (χ1n) is 7.09. The third-order valence-corrected chi connectivity index (χ3v) is 4.14. The molecule has 1 amide bonds. The molecule has 0 spiro atoms. The number of hydrogen-bond donors (Lipinski definition) is 1. The van der Waals surface area contributed by atoms with E-state index in [0.717, 1.165) is 44.8 Å². The molecular weight excluding hydrogens is 238 g/mol. The molecule has 1 N–H and O–H groups in total. The van der Waals surface area contributed by atoms with Crippen LogP contribution in [0, 0.1) is 0 Å². The highest BCUT2D eigenvalue weighted by Crippen LogP contribution is 2.11. The standard InChI is InChI=1S/C15H21N3O/c19-15(10-13-4-2-1-3-5-13)18-8-6-17(7-9-18)14-11-16-12-14/h1-5,14,16H,6-12H2. The van der Waals surface area contributed by atoms with Crippen molar-refractivity contribution in [3.05, 3.63) is 35.9 Å². The van der Waals surface area contributed by atoms with Crippen molar-refractivity contribution in [2.45, 2.75) is 12.5 Å². The van der Waals surface area contributed by atoms with Crippen molar-refractivity contribution < 1.29 is 4.79 Å². The Balaban J connectivity index is 1.49. The molecule has 2 heterocycles. The number of carbonyl (C=O) groups excluding carboxylic acids is 1. The van der Waals surface area contributed by atoms with Gasteiger partial charge in [0.1, 0.15) is 0 Å². The smallest absolute Gasteiger partial charge is 0.227 e. The molecule has 102 valence electrons. The summed E-state index contributed by atoms with van der Waals surface area (Å²) in [6.45, 7) is 6.01. The fourth-order valence-corrected chi connectivity index (χ4v) is 2.75. The maximum Gasteiger partial charge on any atom is 0.227 e. The van der Waals surface area contributed by atoms with Crippen molar-refractivity contribution in [1.82, 2.24) is 15.1 Å². The summed E-state index contributed by atoms with van der Waals surface area (Å²) >= 11 is 0. The van der Waals surface area contributed by atoms with Gasteiger partial charge >= 0.3 is 0 Å². The van der Waals surface area contributed by atoms with E-state index < -0.39 is 0 Å². The Hall–Kier alpha value is -1.39. The van der Waals surface area contributed by atoms with E-state index in [4.69, 9.17) is 0 Å². The summed E-state index contributed by atoms with van der Waals surface area (Å²) in [6.07, 6.45) is 0.534. The molecule has 19 heavy (non-hydrogen) atoms. The number of hydrogen-bond acceptors (Lipinski definition) is 3. The van der Waals surface area contributed by atoms with Gasteiger partial charge < -0.3 is 10.2 Å². The minimum atomic E-state index is 0.262. The minimum Gasteiger partial charge on any atom is -0.340 e. The Labute approximate surface area is 114 Å². The highest BCUT2D eigenvalue weighted by molar-refractivity contribution is 5.78. The van der Waals surface area contributed by atoms with Crippen LogP contribution in [0.25, 0.3) is 0 Å². The van der Waals surface area contributed by atoms with Gasteiger partial charge in [-0.2, -0.15) is 0 Å². The summed E-state index contributed by atoms with van der Waals surface area (Å²) in [5.74, 6) is 0.262. The van der Waals surface area contributed by atoms with E-state index in [2.05, 4.69) is 10.2 Å². The molecule has 0 aromatic heterocycles. The van der Waals surface area contributed by atoms with Gasteiger partial charge in [-0.3, -0.25) is 9.69 Å². The number of piperazine rings is 1. The van der Waals surface area contributed by atoms with Crippen molar-refractivity contribution in [3.63, 3.8) is 0 Å². The molecule has 3 rings (SSSR count). The lowest BCUT2D eigenvalue weighted by Gasteiger charge is -2.43. The first-order valence-corrected chi connectivity index (χ1v) is 7.09. The summed E-state index contributed by atoms with van der Waals surface area (Å²) in [7, 11) is 0. The van der Waals surface area contributed by atoms with Gasteiger partial charge in [-0.05, 0) is 5.56 Å². The number of carbonyl (C=O) groups is 1. The number of rotatable bonds is 3. The van der Waals surface area contributed by atoms with Gasteiger partial charge in [0.15, 0.2) is 0 Å². The molecule has 0 radical (unpaired) electrons. The van der Waals surface area contributed by atoms with E-state index in [0.29, 0.717) is 12.5 Å². The van der Waals surface area contributed by atoms with Crippen molar-refractivity contribution in [1.29, 1.82) is 0 Å². The number of nitrogens with zero attached hydrogens (tertiary/aromatic N) is 2. The molecule has 1 aromatic carbocycles. The Morgan fingerprint density at radius 1 is 1.11 bits per heavy atom. The van der Waals surface area contributed by atoms with Crippen LogP contribution in [0.15, 0.2) is 30.3 Å². The lowest BCUT2D eigenvalue weighted by atomic mass is 10.1. The van der Waals surface area contributed by atoms with Crippen LogP contribution in [0.3, 0.4) is 0 Å². The van der Waals surface area contributed by atoms with Crippen molar-refractivity contribution in [2.24, 2.45) is 0 Å². The molecule has 4 heteroatoms. The molecule has 0 aliphatic carbocycles. The van der Waals surface area contributed by atoms with Crippen LogP contribution >= 0.6 is 0 Å². The molecule has 0 unspecified atom stereocenters. The molecule has 2 aliphatic rings. The summed E-state index contributed by atoms with van der Waals surface area (Å²) in [6, 6.07) is 10.7. The van der Waals surface area contributed by atoms with E-state index >= 15 is 0 Å². The number of amides is 1. The zero-order valence-electron chi connectivity index (χ0n) is 11.2. The van der Waals surface area contributed by atoms with Crippen molar-refractivity contribution in [2.75, 3.05) is 39.3 Å². The first-order chi connectivity index (χ1) is 9.33. The van der Waals surface area contributed by atoms with E-state index in [1.807, 2.05) is 35.2 Å². The zero-order valence-corrected chi connectivity index (χ0v) is 11.2. The minimum absolute atomic E-state index is 0.262.